The Hall–Kier alpha value is -1.58. The molecule has 0 aromatic carbocycles. The number of aromatic nitrogens is 2. The SMILES string of the molecule is CCOc1cc(C)c2c(C)noc2n1. The first kappa shape index (κ1) is 8.99. The van der Waals surface area contributed by atoms with Gasteiger partial charge in [0.05, 0.1) is 17.7 Å². The molecule has 4 heteroatoms. The van der Waals surface area contributed by atoms with Crippen molar-refractivity contribution in [3.63, 3.8) is 0 Å². The van der Waals surface area contributed by atoms with Gasteiger partial charge in [-0.3, -0.25) is 0 Å². The van der Waals surface area contributed by atoms with E-state index in [0.29, 0.717) is 18.2 Å². The maximum Gasteiger partial charge on any atom is 0.261 e. The summed E-state index contributed by atoms with van der Waals surface area (Å²) in [6, 6.07) is 1.90. The van der Waals surface area contributed by atoms with Crippen LogP contribution >= 0.6 is 0 Å². The molecule has 0 fully saturated rings. The van der Waals surface area contributed by atoms with E-state index in [2.05, 4.69) is 10.1 Å². The first-order chi connectivity index (χ1) is 6.72. The van der Waals surface area contributed by atoms with Gasteiger partial charge in [0.25, 0.3) is 5.71 Å². The van der Waals surface area contributed by atoms with E-state index in [4.69, 9.17) is 9.26 Å². The van der Waals surface area contributed by atoms with E-state index in [1.807, 2.05) is 26.8 Å². The molecule has 0 unspecified atom stereocenters. The van der Waals surface area contributed by atoms with Crippen LogP contribution < -0.4 is 4.74 Å². The predicted octanol–water partition coefficient (Wildman–Crippen LogP) is 2.24. The summed E-state index contributed by atoms with van der Waals surface area (Å²) in [7, 11) is 0. The lowest BCUT2D eigenvalue weighted by Crippen LogP contribution is -1.94. The molecule has 0 saturated heterocycles. The van der Waals surface area contributed by atoms with Crippen LogP contribution in [0.1, 0.15) is 18.2 Å². The summed E-state index contributed by atoms with van der Waals surface area (Å²) in [6.07, 6.45) is 0. The van der Waals surface area contributed by atoms with Crippen molar-refractivity contribution in [3.05, 3.63) is 17.3 Å². The average molecular weight is 192 g/mol. The maximum atomic E-state index is 5.31. The molecule has 0 aliphatic carbocycles. The molecule has 0 amide bonds. The third kappa shape index (κ3) is 1.32. The molecule has 0 N–H and O–H groups in total. The van der Waals surface area contributed by atoms with Crippen molar-refractivity contribution in [2.45, 2.75) is 20.8 Å². The molecular formula is C10H12N2O2. The fourth-order valence-corrected chi connectivity index (χ4v) is 1.50. The molecule has 74 valence electrons. The highest BCUT2D eigenvalue weighted by Gasteiger charge is 2.10. The normalized spacial score (nSPS) is 10.8. The summed E-state index contributed by atoms with van der Waals surface area (Å²) in [6.45, 7) is 6.43. The summed E-state index contributed by atoms with van der Waals surface area (Å²) in [5.41, 5.74) is 2.50. The largest absolute Gasteiger partial charge is 0.478 e. The summed E-state index contributed by atoms with van der Waals surface area (Å²) >= 11 is 0. The molecule has 4 nitrogen and oxygen atoms in total. The number of nitrogens with zero attached hydrogens (tertiary/aromatic N) is 2. The highest BCUT2D eigenvalue weighted by molar-refractivity contribution is 5.80. The highest BCUT2D eigenvalue weighted by atomic mass is 16.5. The molecule has 2 aromatic rings. The third-order valence-corrected chi connectivity index (χ3v) is 2.08. The van der Waals surface area contributed by atoms with E-state index in [0.717, 1.165) is 16.6 Å². The van der Waals surface area contributed by atoms with Crippen molar-refractivity contribution in [2.24, 2.45) is 0 Å². The molecule has 0 saturated carbocycles. The van der Waals surface area contributed by atoms with Gasteiger partial charge in [0.15, 0.2) is 0 Å². The molecular weight excluding hydrogens is 180 g/mol. The van der Waals surface area contributed by atoms with Gasteiger partial charge < -0.3 is 9.26 Å². The molecule has 0 aliphatic rings. The number of aryl methyl sites for hydroxylation is 2. The van der Waals surface area contributed by atoms with Crippen LogP contribution in [0.25, 0.3) is 11.1 Å². The molecule has 2 aromatic heterocycles. The van der Waals surface area contributed by atoms with Crippen molar-refractivity contribution in [1.82, 2.24) is 10.1 Å². The Morgan fingerprint density at radius 2 is 2.21 bits per heavy atom. The first-order valence-corrected chi connectivity index (χ1v) is 4.58. The summed E-state index contributed by atoms with van der Waals surface area (Å²) < 4.78 is 10.4. The zero-order valence-corrected chi connectivity index (χ0v) is 8.50. The first-order valence-electron chi connectivity index (χ1n) is 4.58. The standard InChI is InChI=1S/C10H12N2O2/c1-4-13-8-5-6(2)9-7(3)12-14-10(9)11-8/h5H,4H2,1-3H3. The Labute approximate surface area is 81.9 Å². The molecule has 0 atom stereocenters. The fraction of sp³-hybridized carbons (Fsp3) is 0.400. The van der Waals surface area contributed by atoms with Crippen molar-refractivity contribution >= 4 is 11.1 Å². The van der Waals surface area contributed by atoms with Crippen LogP contribution in [0.5, 0.6) is 5.88 Å². The van der Waals surface area contributed by atoms with Gasteiger partial charge in [-0.25, -0.2) is 0 Å². The third-order valence-electron chi connectivity index (χ3n) is 2.08. The van der Waals surface area contributed by atoms with Crippen LogP contribution in [0, 0.1) is 13.8 Å². The fourth-order valence-electron chi connectivity index (χ4n) is 1.50. The number of rotatable bonds is 2. The lowest BCUT2D eigenvalue weighted by Gasteiger charge is -2.02. The number of ether oxygens (including phenoxy) is 1. The monoisotopic (exact) mass is 192 g/mol. The van der Waals surface area contributed by atoms with Crippen LogP contribution in [0.3, 0.4) is 0 Å². The Kier molecular flexibility index (Phi) is 2.11. The minimum absolute atomic E-state index is 0.547. The molecule has 0 aliphatic heterocycles. The van der Waals surface area contributed by atoms with E-state index in [9.17, 15) is 0 Å². The van der Waals surface area contributed by atoms with E-state index in [1.54, 1.807) is 0 Å². The summed E-state index contributed by atoms with van der Waals surface area (Å²) in [4.78, 5) is 4.20. The van der Waals surface area contributed by atoms with Crippen molar-refractivity contribution in [1.29, 1.82) is 0 Å². The zero-order valence-electron chi connectivity index (χ0n) is 8.50. The molecule has 14 heavy (non-hydrogen) atoms. The Balaban J connectivity index is 2.62. The maximum absolute atomic E-state index is 5.31. The van der Waals surface area contributed by atoms with Gasteiger partial charge >= 0.3 is 0 Å². The second-order valence-electron chi connectivity index (χ2n) is 3.16. The average Bonchev–Trinajstić information content (AvgIpc) is 2.48. The van der Waals surface area contributed by atoms with E-state index >= 15 is 0 Å². The molecule has 0 bridgehead atoms. The lowest BCUT2D eigenvalue weighted by atomic mass is 10.2. The van der Waals surface area contributed by atoms with Gasteiger partial charge in [-0.2, -0.15) is 4.98 Å². The smallest absolute Gasteiger partial charge is 0.261 e. The van der Waals surface area contributed by atoms with E-state index < -0.39 is 0 Å². The van der Waals surface area contributed by atoms with Gasteiger partial charge in [-0.1, -0.05) is 5.16 Å². The van der Waals surface area contributed by atoms with Crippen LogP contribution in [-0.4, -0.2) is 16.7 Å². The van der Waals surface area contributed by atoms with Crippen LogP contribution in [-0.2, 0) is 0 Å². The zero-order chi connectivity index (χ0) is 10.1. The summed E-state index contributed by atoms with van der Waals surface area (Å²) in [5, 5.41) is 4.84. The van der Waals surface area contributed by atoms with Gasteiger partial charge in [0.1, 0.15) is 0 Å². The number of hydrogen-bond acceptors (Lipinski definition) is 4. The number of hydrogen-bond donors (Lipinski definition) is 0. The van der Waals surface area contributed by atoms with Crippen molar-refractivity contribution < 1.29 is 9.26 Å². The van der Waals surface area contributed by atoms with Gasteiger partial charge in [-0.05, 0) is 26.3 Å². The molecule has 2 heterocycles. The second kappa shape index (κ2) is 3.29. The van der Waals surface area contributed by atoms with Gasteiger partial charge in [-0.15, -0.1) is 0 Å². The second-order valence-corrected chi connectivity index (χ2v) is 3.16. The van der Waals surface area contributed by atoms with E-state index in [1.165, 1.54) is 0 Å². The quantitative estimate of drug-likeness (QED) is 0.732. The molecule has 0 spiro atoms. The minimum Gasteiger partial charge on any atom is -0.478 e. The van der Waals surface area contributed by atoms with Crippen molar-refractivity contribution in [2.75, 3.05) is 6.61 Å². The van der Waals surface area contributed by atoms with Crippen LogP contribution in [0.4, 0.5) is 0 Å². The van der Waals surface area contributed by atoms with E-state index in [-0.39, 0.29) is 0 Å². The van der Waals surface area contributed by atoms with Gasteiger partial charge in [0.2, 0.25) is 5.88 Å². The predicted molar refractivity (Wildman–Crippen MR) is 52.4 cm³/mol. The minimum atomic E-state index is 0.547. The number of fused-ring (bicyclic) bond motifs is 1. The Morgan fingerprint density at radius 1 is 1.43 bits per heavy atom. The van der Waals surface area contributed by atoms with Gasteiger partial charge in [0, 0.05) is 6.07 Å². The molecule has 2 rings (SSSR count). The van der Waals surface area contributed by atoms with Crippen LogP contribution in [0.15, 0.2) is 10.6 Å². The Bertz CT molecular complexity index is 462. The lowest BCUT2D eigenvalue weighted by molar-refractivity contribution is 0.325. The highest BCUT2D eigenvalue weighted by Crippen LogP contribution is 2.23. The topological polar surface area (TPSA) is 48.2 Å². The molecule has 0 radical (unpaired) electrons. The van der Waals surface area contributed by atoms with Crippen molar-refractivity contribution in [3.8, 4) is 5.88 Å². The number of pyridine rings is 1. The summed E-state index contributed by atoms with van der Waals surface area (Å²) in [5.74, 6) is 0.591. The van der Waals surface area contributed by atoms with Crippen LogP contribution in [0.2, 0.25) is 0 Å². The Morgan fingerprint density at radius 3 is 2.93 bits per heavy atom.